The second-order valence-electron chi connectivity index (χ2n) is 4.01. The first-order valence-electron chi connectivity index (χ1n) is 5.59. The Morgan fingerprint density at radius 2 is 1.89 bits per heavy atom. The fourth-order valence-electron chi connectivity index (χ4n) is 2.04. The van der Waals surface area contributed by atoms with Gasteiger partial charge in [-0.1, -0.05) is 0 Å². The van der Waals surface area contributed by atoms with Gasteiger partial charge in [0, 0.05) is 30.0 Å². The third-order valence-corrected chi connectivity index (χ3v) is 2.87. The van der Waals surface area contributed by atoms with E-state index in [1.54, 1.807) is 18.2 Å². The quantitative estimate of drug-likeness (QED) is 0.715. The molecule has 3 heterocycles. The molecule has 1 aliphatic heterocycles. The summed E-state index contributed by atoms with van der Waals surface area (Å²) in [6, 6.07) is 2.82. The first kappa shape index (κ1) is 11.2. The number of carbonyl (C=O) groups is 1. The Kier molecular flexibility index (Phi) is 2.42. The summed E-state index contributed by atoms with van der Waals surface area (Å²) >= 11 is 0. The molecule has 0 spiro atoms. The molecule has 6 nitrogen and oxygen atoms in total. The van der Waals surface area contributed by atoms with Gasteiger partial charge in [0.2, 0.25) is 0 Å². The van der Waals surface area contributed by atoms with Gasteiger partial charge in [-0.05, 0) is 18.2 Å². The van der Waals surface area contributed by atoms with E-state index < -0.39 is 17.0 Å². The van der Waals surface area contributed by atoms with Crippen LogP contribution in [0.1, 0.15) is 10.5 Å². The molecular weight excluding hydrogens is 246 g/mol. The Morgan fingerprint density at radius 1 is 1.05 bits per heavy atom. The fourth-order valence-corrected chi connectivity index (χ4v) is 2.04. The van der Waals surface area contributed by atoms with Crippen molar-refractivity contribution in [3.05, 3.63) is 63.1 Å². The average Bonchev–Trinajstić information content (AvgIpc) is 2.36. The monoisotopic (exact) mass is 255 g/mol. The molecule has 0 unspecified atom stereocenters. The van der Waals surface area contributed by atoms with Crippen LogP contribution in [0.3, 0.4) is 0 Å². The number of amides is 1. The molecule has 0 radical (unpaired) electrons. The van der Waals surface area contributed by atoms with E-state index >= 15 is 0 Å². The smallest absolute Gasteiger partial charge is 0.272 e. The highest BCUT2D eigenvalue weighted by Crippen LogP contribution is 2.14. The van der Waals surface area contributed by atoms with Crippen LogP contribution in [0.25, 0.3) is 17.0 Å². The van der Waals surface area contributed by atoms with Crippen molar-refractivity contribution in [1.29, 1.82) is 0 Å². The maximum atomic E-state index is 12.1. The van der Waals surface area contributed by atoms with Gasteiger partial charge in [-0.15, -0.1) is 0 Å². The molecule has 94 valence electrons. The van der Waals surface area contributed by atoms with Crippen molar-refractivity contribution < 1.29 is 4.79 Å². The highest BCUT2D eigenvalue weighted by Gasteiger charge is 2.17. The Labute approximate surface area is 106 Å². The van der Waals surface area contributed by atoms with Gasteiger partial charge < -0.3 is 10.3 Å². The molecule has 0 fully saturated rings. The standard InChI is InChI=1S/C13H9N3O3/c17-10-7-9-8(3-5-15-12(9)18)11-13(19)14-4-1-2-6-16(10)11/h1-7H,(H,14,19)(H,15,18). The molecule has 0 atom stereocenters. The molecular formula is C13H9N3O3. The van der Waals surface area contributed by atoms with Gasteiger partial charge in [0.05, 0.1) is 5.39 Å². The summed E-state index contributed by atoms with van der Waals surface area (Å²) in [6.45, 7) is 0. The maximum absolute atomic E-state index is 12.1. The second kappa shape index (κ2) is 4.09. The van der Waals surface area contributed by atoms with E-state index in [-0.39, 0.29) is 11.1 Å². The van der Waals surface area contributed by atoms with Crippen LogP contribution in [0, 0.1) is 0 Å². The SMILES string of the molecule is O=C1NC=CC=Cn2c1c1cc[nH]c(=O)c1cc2=O. The molecule has 1 amide bonds. The molecule has 2 N–H and O–H groups in total. The van der Waals surface area contributed by atoms with Crippen molar-refractivity contribution in [2.45, 2.75) is 0 Å². The van der Waals surface area contributed by atoms with Gasteiger partial charge in [-0.3, -0.25) is 19.0 Å². The van der Waals surface area contributed by atoms with Crippen LogP contribution in [-0.2, 0) is 0 Å². The Bertz CT molecular complexity index is 856. The van der Waals surface area contributed by atoms with E-state index in [1.165, 1.54) is 29.2 Å². The number of aromatic nitrogens is 2. The van der Waals surface area contributed by atoms with Crippen molar-refractivity contribution >= 4 is 22.9 Å². The number of hydrogen-bond donors (Lipinski definition) is 2. The van der Waals surface area contributed by atoms with E-state index in [0.29, 0.717) is 5.39 Å². The normalized spacial score (nSPS) is 13.8. The van der Waals surface area contributed by atoms with E-state index in [9.17, 15) is 14.4 Å². The number of aromatic amines is 1. The molecule has 19 heavy (non-hydrogen) atoms. The number of carbonyl (C=O) groups excluding carboxylic acids is 1. The third-order valence-electron chi connectivity index (χ3n) is 2.87. The Balaban J connectivity index is 2.54. The number of nitrogens with zero attached hydrogens (tertiary/aromatic N) is 1. The molecule has 3 rings (SSSR count). The fraction of sp³-hybridized carbons (Fsp3) is 0. The van der Waals surface area contributed by atoms with Crippen molar-refractivity contribution in [1.82, 2.24) is 14.9 Å². The summed E-state index contributed by atoms with van der Waals surface area (Å²) in [5, 5.41) is 3.17. The number of pyridine rings is 2. The molecule has 0 aliphatic carbocycles. The molecule has 0 saturated heterocycles. The highest BCUT2D eigenvalue weighted by atomic mass is 16.2. The third kappa shape index (κ3) is 1.70. The second-order valence-corrected chi connectivity index (χ2v) is 4.01. The van der Waals surface area contributed by atoms with Crippen LogP contribution in [0.2, 0.25) is 0 Å². The Hall–Kier alpha value is -2.89. The number of rotatable bonds is 0. The van der Waals surface area contributed by atoms with E-state index in [4.69, 9.17) is 0 Å². The topological polar surface area (TPSA) is 84.0 Å². The zero-order valence-corrected chi connectivity index (χ0v) is 9.71. The number of fused-ring (bicyclic) bond motifs is 3. The zero-order chi connectivity index (χ0) is 13.4. The summed E-state index contributed by atoms with van der Waals surface area (Å²) in [5.41, 5.74) is -0.678. The van der Waals surface area contributed by atoms with Crippen LogP contribution in [0.5, 0.6) is 0 Å². The number of H-pyrrole nitrogens is 1. The predicted molar refractivity (Wildman–Crippen MR) is 70.8 cm³/mol. The lowest BCUT2D eigenvalue weighted by atomic mass is 10.1. The van der Waals surface area contributed by atoms with Crippen molar-refractivity contribution in [3.63, 3.8) is 0 Å². The zero-order valence-electron chi connectivity index (χ0n) is 9.71. The van der Waals surface area contributed by atoms with Gasteiger partial charge >= 0.3 is 0 Å². The number of allylic oxidation sites excluding steroid dienone is 2. The predicted octanol–water partition coefficient (Wildman–Crippen LogP) is 0.418. The largest absolute Gasteiger partial charge is 0.329 e. The van der Waals surface area contributed by atoms with Gasteiger partial charge in [-0.2, -0.15) is 0 Å². The van der Waals surface area contributed by atoms with Crippen LogP contribution < -0.4 is 16.4 Å². The minimum atomic E-state index is -0.436. The van der Waals surface area contributed by atoms with Gasteiger partial charge in [-0.25, -0.2) is 0 Å². The van der Waals surface area contributed by atoms with E-state index in [0.717, 1.165) is 0 Å². The summed E-state index contributed by atoms with van der Waals surface area (Å²) in [4.78, 5) is 38.3. The van der Waals surface area contributed by atoms with Crippen LogP contribution >= 0.6 is 0 Å². The summed E-state index contributed by atoms with van der Waals surface area (Å²) < 4.78 is 1.22. The van der Waals surface area contributed by atoms with Gasteiger partial charge in [0.15, 0.2) is 0 Å². The minimum Gasteiger partial charge on any atom is -0.329 e. The lowest BCUT2D eigenvalue weighted by molar-refractivity contribution is 0.0964. The lowest BCUT2D eigenvalue weighted by Crippen LogP contribution is -2.29. The molecule has 1 aliphatic rings. The first-order valence-corrected chi connectivity index (χ1v) is 5.59. The molecule has 0 aromatic carbocycles. The van der Waals surface area contributed by atoms with Gasteiger partial charge in [0.25, 0.3) is 17.0 Å². The van der Waals surface area contributed by atoms with E-state index in [1.807, 2.05) is 0 Å². The maximum Gasteiger partial charge on any atom is 0.272 e. The van der Waals surface area contributed by atoms with Gasteiger partial charge in [0.1, 0.15) is 5.69 Å². The van der Waals surface area contributed by atoms with Crippen molar-refractivity contribution in [3.8, 4) is 0 Å². The molecule has 2 aromatic heterocycles. The first-order chi connectivity index (χ1) is 9.18. The lowest BCUT2D eigenvalue weighted by Gasteiger charge is -2.12. The molecule has 0 bridgehead atoms. The van der Waals surface area contributed by atoms with Crippen LogP contribution in [-0.4, -0.2) is 15.5 Å². The summed E-state index contributed by atoms with van der Waals surface area (Å²) in [7, 11) is 0. The van der Waals surface area contributed by atoms with Crippen molar-refractivity contribution in [2.24, 2.45) is 0 Å². The minimum absolute atomic E-state index is 0.147. The molecule has 0 saturated carbocycles. The average molecular weight is 255 g/mol. The molecule has 6 heteroatoms. The molecule has 2 aromatic rings. The van der Waals surface area contributed by atoms with E-state index in [2.05, 4.69) is 10.3 Å². The highest BCUT2D eigenvalue weighted by molar-refractivity contribution is 6.06. The van der Waals surface area contributed by atoms with Crippen LogP contribution in [0.4, 0.5) is 0 Å². The summed E-state index contributed by atoms with van der Waals surface area (Å²) in [5.74, 6) is -0.436. The summed E-state index contributed by atoms with van der Waals surface area (Å²) in [6.07, 6.45) is 7.65. The number of hydrogen-bond acceptors (Lipinski definition) is 3. The number of nitrogens with one attached hydrogen (secondary N) is 2. The van der Waals surface area contributed by atoms with Crippen LogP contribution in [0.15, 0.2) is 46.3 Å². The Morgan fingerprint density at radius 3 is 2.74 bits per heavy atom. The van der Waals surface area contributed by atoms with Crippen molar-refractivity contribution in [2.75, 3.05) is 0 Å².